The van der Waals surface area contributed by atoms with Crippen LogP contribution in [-0.4, -0.2) is 80.7 Å². The third-order valence-corrected chi connectivity index (χ3v) is 11.6. The van der Waals surface area contributed by atoms with E-state index < -0.39 is 5.41 Å². The maximum Gasteiger partial charge on any atom is 0.272 e. The molecule has 0 saturated carbocycles. The lowest BCUT2D eigenvalue weighted by molar-refractivity contribution is 0.0924. The van der Waals surface area contributed by atoms with E-state index in [0.29, 0.717) is 47.1 Å². The van der Waals surface area contributed by atoms with Crippen molar-refractivity contribution in [2.45, 2.75) is 88.3 Å². The summed E-state index contributed by atoms with van der Waals surface area (Å²) in [6.07, 6.45) is 9.82. The molecule has 14 heteroatoms. The van der Waals surface area contributed by atoms with E-state index >= 15 is 0 Å². The molecule has 4 aromatic heterocycles. The second-order valence-electron chi connectivity index (χ2n) is 13.5. The van der Waals surface area contributed by atoms with Crippen LogP contribution >= 0.6 is 11.3 Å². The number of likely N-dealkylation sites (N-methyl/N-ethyl adjacent to an activating group) is 1. The van der Waals surface area contributed by atoms with Gasteiger partial charge in [-0.2, -0.15) is 15.3 Å². The zero-order valence-corrected chi connectivity index (χ0v) is 28.0. The summed E-state index contributed by atoms with van der Waals surface area (Å²) < 4.78 is 19.6. The number of anilines is 1. The molecule has 0 bridgehead atoms. The Bertz CT molecular complexity index is 1900. The summed E-state index contributed by atoms with van der Waals surface area (Å²) in [7, 11) is 2.12. The van der Waals surface area contributed by atoms with Gasteiger partial charge in [0.15, 0.2) is 11.5 Å². The minimum Gasteiger partial charge on any atom is -0.473 e. The van der Waals surface area contributed by atoms with Crippen molar-refractivity contribution in [3.8, 4) is 29.4 Å². The van der Waals surface area contributed by atoms with Gasteiger partial charge in [0.1, 0.15) is 17.2 Å². The number of aryl methyl sites for hydroxylation is 1. The number of rotatable bonds is 7. The molecule has 1 amide bonds. The van der Waals surface area contributed by atoms with Gasteiger partial charge < -0.3 is 25.0 Å². The molecule has 2 fully saturated rings. The fourth-order valence-corrected chi connectivity index (χ4v) is 9.36. The van der Waals surface area contributed by atoms with Crippen molar-refractivity contribution < 1.29 is 18.8 Å². The van der Waals surface area contributed by atoms with E-state index in [9.17, 15) is 10.1 Å². The van der Waals surface area contributed by atoms with E-state index in [0.717, 1.165) is 81.2 Å². The summed E-state index contributed by atoms with van der Waals surface area (Å²) in [5, 5.41) is 23.0. The number of nitriles is 1. The van der Waals surface area contributed by atoms with Gasteiger partial charge in [-0.05, 0) is 89.9 Å². The number of ether oxygens (including phenoxy) is 2. The lowest BCUT2D eigenvalue weighted by atomic mass is 9.62. The Kier molecular flexibility index (Phi) is 7.93. The second kappa shape index (κ2) is 12.3. The average molecular weight is 670 g/mol. The number of thiophene rings is 1. The number of nitrogens with two attached hydrogens (primary N) is 1. The molecule has 2 aliphatic heterocycles. The number of carbonyl (C=O) groups is 1. The van der Waals surface area contributed by atoms with Gasteiger partial charge in [0, 0.05) is 40.8 Å². The van der Waals surface area contributed by atoms with Crippen molar-refractivity contribution in [1.29, 1.82) is 5.26 Å². The molecular formula is C34H39N9O4S. The molecule has 13 nitrogen and oxygen atoms in total. The summed E-state index contributed by atoms with van der Waals surface area (Å²) in [4.78, 5) is 26.3. The molecule has 3 N–H and O–H groups in total. The molecule has 4 aliphatic rings. The number of likely N-dealkylation sites (tertiary alicyclic amines) is 1. The van der Waals surface area contributed by atoms with Gasteiger partial charge in [-0.15, -0.1) is 11.3 Å². The first kappa shape index (κ1) is 31.0. The lowest BCUT2D eigenvalue weighted by Gasteiger charge is -2.39. The van der Waals surface area contributed by atoms with Crippen LogP contribution < -0.4 is 15.8 Å². The highest BCUT2D eigenvalue weighted by molar-refractivity contribution is 7.16. The third-order valence-electron chi connectivity index (χ3n) is 10.5. The molecule has 2 aliphatic carbocycles. The van der Waals surface area contributed by atoms with E-state index in [1.165, 1.54) is 16.2 Å². The maximum absolute atomic E-state index is 13.0. The summed E-state index contributed by atoms with van der Waals surface area (Å²) in [5.41, 5.74) is 9.61. The van der Waals surface area contributed by atoms with E-state index in [-0.39, 0.29) is 29.8 Å². The molecular weight excluding hydrogens is 630 g/mol. The molecule has 4 atom stereocenters. The van der Waals surface area contributed by atoms with Gasteiger partial charge in [0.25, 0.3) is 5.91 Å². The van der Waals surface area contributed by atoms with Crippen LogP contribution in [0.15, 0.2) is 22.9 Å². The first-order valence-corrected chi connectivity index (χ1v) is 17.7. The summed E-state index contributed by atoms with van der Waals surface area (Å²) in [6, 6.07) is 6.04. The summed E-state index contributed by atoms with van der Waals surface area (Å²) in [5.74, 6) is 1.40. The predicted molar refractivity (Wildman–Crippen MR) is 177 cm³/mol. The third kappa shape index (κ3) is 5.24. The van der Waals surface area contributed by atoms with Gasteiger partial charge in [0.2, 0.25) is 17.5 Å². The second-order valence-corrected chi connectivity index (χ2v) is 14.6. The van der Waals surface area contributed by atoms with E-state index in [4.69, 9.17) is 34.9 Å². The Morgan fingerprint density at radius 1 is 1.25 bits per heavy atom. The Hall–Kier alpha value is -4.32. The zero-order chi connectivity index (χ0) is 33.0. The van der Waals surface area contributed by atoms with Crippen molar-refractivity contribution in [3.63, 3.8) is 0 Å². The highest BCUT2D eigenvalue weighted by Crippen LogP contribution is 2.54. The Labute approximate surface area is 282 Å². The van der Waals surface area contributed by atoms with Crippen LogP contribution in [0.2, 0.25) is 0 Å². The van der Waals surface area contributed by atoms with Gasteiger partial charge in [-0.25, -0.2) is 9.67 Å². The van der Waals surface area contributed by atoms with E-state index in [1.54, 1.807) is 23.0 Å². The molecule has 1 spiro atoms. The van der Waals surface area contributed by atoms with Crippen LogP contribution in [0.5, 0.6) is 5.88 Å². The summed E-state index contributed by atoms with van der Waals surface area (Å²) >= 11 is 1.52. The lowest BCUT2D eigenvalue weighted by Crippen LogP contribution is -2.38. The summed E-state index contributed by atoms with van der Waals surface area (Å²) in [6.45, 7) is 4.23. The van der Waals surface area contributed by atoms with Crippen molar-refractivity contribution >= 4 is 22.2 Å². The SMILES string of the molecule is C[C@H](Oc1cc(-n2ccc(C(=O)N[C@H]3CCOC3)n2)nc(-c2onc3c2CCC[C@@]32CCCc3sc(N)c(C#N)c32)n1)[C@@H]1CCCN1C. The van der Waals surface area contributed by atoms with E-state index in [2.05, 4.69) is 35.4 Å². The van der Waals surface area contributed by atoms with Crippen molar-refractivity contribution in [1.82, 2.24) is 35.1 Å². The van der Waals surface area contributed by atoms with Crippen LogP contribution in [0.25, 0.3) is 17.4 Å². The molecule has 6 heterocycles. The molecule has 4 aromatic rings. The largest absolute Gasteiger partial charge is 0.473 e. The van der Waals surface area contributed by atoms with Crippen LogP contribution in [0.1, 0.15) is 89.6 Å². The molecule has 0 radical (unpaired) electrons. The number of aromatic nitrogens is 5. The Morgan fingerprint density at radius 3 is 2.88 bits per heavy atom. The fraction of sp³-hybridized carbons (Fsp3) is 0.529. The molecule has 0 unspecified atom stereocenters. The molecule has 0 aromatic carbocycles. The Morgan fingerprint density at radius 2 is 2.10 bits per heavy atom. The number of carbonyl (C=O) groups excluding carboxylic acids is 1. The minimum atomic E-state index is -0.435. The van der Waals surface area contributed by atoms with Crippen molar-refractivity contribution in [2.75, 3.05) is 32.5 Å². The highest BCUT2D eigenvalue weighted by Gasteiger charge is 2.48. The maximum atomic E-state index is 13.0. The van der Waals surface area contributed by atoms with Crippen LogP contribution in [0.3, 0.4) is 0 Å². The normalized spacial score (nSPS) is 24.3. The van der Waals surface area contributed by atoms with Crippen LogP contribution in [-0.2, 0) is 23.0 Å². The average Bonchev–Trinajstić information content (AvgIpc) is 3.92. The number of amides is 1. The number of nitrogen functional groups attached to an aromatic ring is 1. The minimum absolute atomic E-state index is 0.0283. The number of nitrogens with zero attached hydrogens (tertiary/aromatic N) is 7. The molecule has 8 rings (SSSR count). The quantitative estimate of drug-likeness (QED) is 0.290. The van der Waals surface area contributed by atoms with Crippen LogP contribution in [0.4, 0.5) is 5.00 Å². The monoisotopic (exact) mass is 669 g/mol. The fourth-order valence-electron chi connectivity index (χ4n) is 8.20. The first-order valence-electron chi connectivity index (χ1n) is 16.9. The Balaban J connectivity index is 1.19. The number of hydrogen-bond acceptors (Lipinski definition) is 12. The predicted octanol–water partition coefficient (Wildman–Crippen LogP) is 4.17. The van der Waals surface area contributed by atoms with Gasteiger partial charge in [-0.1, -0.05) is 5.16 Å². The molecule has 48 heavy (non-hydrogen) atoms. The van der Waals surface area contributed by atoms with Gasteiger partial charge in [0.05, 0.1) is 23.9 Å². The molecule has 250 valence electrons. The smallest absolute Gasteiger partial charge is 0.272 e. The zero-order valence-electron chi connectivity index (χ0n) is 27.2. The van der Waals surface area contributed by atoms with Crippen LogP contribution in [0, 0.1) is 11.3 Å². The highest BCUT2D eigenvalue weighted by atomic mass is 32.1. The van der Waals surface area contributed by atoms with Crippen molar-refractivity contribution in [2.24, 2.45) is 0 Å². The first-order chi connectivity index (χ1) is 23.3. The van der Waals surface area contributed by atoms with Crippen molar-refractivity contribution in [3.05, 3.63) is 51.3 Å². The van der Waals surface area contributed by atoms with E-state index in [1.807, 2.05) is 0 Å². The number of fused-ring (bicyclic) bond motifs is 4. The van der Waals surface area contributed by atoms with Gasteiger partial charge in [-0.3, -0.25) is 9.69 Å². The standard InChI is InChI=1S/C34H39N9O4S/c1-19(24-7-5-13-42(24)2)46-27-16-26(43-14-9-23(40-43)33(44)37-20-10-15-45-18-20)38-32(39-27)29-21-6-3-11-34(30(21)41-47-29)12-4-8-25-28(34)22(17-35)31(36)48-25/h9,14,16,19-20,24H,3-8,10-13,15,18,36H2,1-2H3,(H,37,44)/t19-,20-,24-,34-/m0/s1. The number of nitrogens with one attached hydrogen (secondary N) is 1. The topological polar surface area (TPSA) is 170 Å². The number of hydrogen-bond donors (Lipinski definition) is 2. The van der Waals surface area contributed by atoms with Gasteiger partial charge >= 0.3 is 0 Å². The molecule has 2 saturated heterocycles.